The molecule has 9 heteroatoms. The third kappa shape index (κ3) is 3.11. The fourth-order valence-electron chi connectivity index (χ4n) is 2.26. The van der Waals surface area contributed by atoms with Crippen LogP contribution in [-0.4, -0.2) is 67.2 Å². The fraction of sp³-hybridized carbons (Fsp3) is 0.800. The van der Waals surface area contributed by atoms with Gasteiger partial charge in [0.15, 0.2) is 0 Å². The zero-order chi connectivity index (χ0) is 14.2. The van der Waals surface area contributed by atoms with E-state index in [0.717, 1.165) is 4.31 Å². The van der Waals surface area contributed by atoms with Crippen LogP contribution >= 0.6 is 0 Å². The molecule has 0 spiro atoms. The van der Waals surface area contributed by atoms with E-state index in [1.54, 1.807) is 13.8 Å². The molecule has 2 unspecified atom stereocenters. The van der Waals surface area contributed by atoms with E-state index >= 15 is 0 Å². The molecule has 2 saturated heterocycles. The molecule has 0 aromatic heterocycles. The van der Waals surface area contributed by atoms with E-state index in [1.165, 1.54) is 4.31 Å². The number of ether oxygens (including phenoxy) is 1. The highest BCUT2D eigenvalue weighted by molar-refractivity contribution is 7.86. The number of piperazine rings is 1. The van der Waals surface area contributed by atoms with Crippen LogP contribution in [0.15, 0.2) is 0 Å². The van der Waals surface area contributed by atoms with Crippen LogP contribution in [0.4, 0.5) is 0 Å². The first kappa shape index (κ1) is 14.4. The predicted molar refractivity (Wildman–Crippen MR) is 65.2 cm³/mol. The summed E-state index contributed by atoms with van der Waals surface area (Å²) in [7, 11) is -3.81. The van der Waals surface area contributed by atoms with E-state index in [1.807, 2.05) is 0 Å². The molecule has 0 aromatic rings. The average molecular weight is 291 g/mol. The maximum atomic E-state index is 12.4. The topological polar surface area (TPSA) is 96.0 Å². The Bertz CT molecular complexity index is 465. The summed E-state index contributed by atoms with van der Waals surface area (Å²) >= 11 is 0. The summed E-state index contributed by atoms with van der Waals surface area (Å²) in [4.78, 5) is 22.5. The van der Waals surface area contributed by atoms with Gasteiger partial charge in [0.1, 0.15) is 0 Å². The number of rotatable bonds is 2. The third-order valence-electron chi connectivity index (χ3n) is 2.96. The van der Waals surface area contributed by atoms with Crippen LogP contribution in [0.1, 0.15) is 13.8 Å². The van der Waals surface area contributed by atoms with Crippen molar-refractivity contribution in [1.29, 1.82) is 0 Å². The lowest BCUT2D eigenvalue weighted by atomic mass is 10.3. The van der Waals surface area contributed by atoms with Gasteiger partial charge in [-0.25, -0.2) is 0 Å². The Kier molecular flexibility index (Phi) is 3.90. The van der Waals surface area contributed by atoms with Crippen LogP contribution in [0, 0.1) is 0 Å². The molecule has 2 atom stereocenters. The number of carbonyl (C=O) groups excluding carboxylic acids is 2. The number of carbonyl (C=O) groups is 2. The number of morpholine rings is 1. The summed E-state index contributed by atoms with van der Waals surface area (Å²) in [6, 6.07) is 0. The van der Waals surface area contributed by atoms with Gasteiger partial charge in [0.25, 0.3) is 10.2 Å². The second kappa shape index (κ2) is 5.16. The van der Waals surface area contributed by atoms with Crippen LogP contribution in [0.2, 0.25) is 0 Å². The lowest BCUT2D eigenvalue weighted by Gasteiger charge is -2.37. The molecule has 2 heterocycles. The quantitative estimate of drug-likeness (QED) is 0.612. The lowest BCUT2D eigenvalue weighted by Crippen LogP contribution is -2.59. The second-order valence-corrected chi connectivity index (χ2v) is 6.75. The minimum Gasteiger partial charge on any atom is -0.373 e. The van der Waals surface area contributed by atoms with Gasteiger partial charge in [-0.2, -0.15) is 17.0 Å². The molecule has 2 amide bonds. The molecule has 0 aliphatic carbocycles. The van der Waals surface area contributed by atoms with Gasteiger partial charge in [0, 0.05) is 13.1 Å². The molecule has 2 aliphatic rings. The molecule has 0 bridgehead atoms. The number of imide groups is 1. The molecule has 8 nitrogen and oxygen atoms in total. The highest BCUT2D eigenvalue weighted by Crippen LogP contribution is 2.17. The Hall–Kier alpha value is -1.03. The zero-order valence-corrected chi connectivity index (χ0v) is 11.6. The normalized spacial score (nSPS) is 31.3. The summed E-state index contributed by atoms with van der Waals surface area (Å²) in [5.74, 6) is -1.21. The summed E-state index contributed by atoms with van der Waals surface area (Å²) < 4.78 is 32.4. The molecular weight excluding hydrogens is 274 g/mol. The van der Waals surface area contributed by atoms with Crippen molar-refractivity contribution in [2.45, 2.75) is 26.1 Å². The van der Waals surface area contributed by atoms with Crippen LogP contribution in [0.5, 0.6) is 0 Å². The first-order valence-electron chi connectivity index (χ1n) is 6.02. The van der Waals surface area contributed by atoms with Gasteiger partial charge >= 0.3 is 0 Å². The van der Waals surface area contributed by atoms with Gasteiger partial charge in [-0.3, -0.25) is 14.9 Å². The Morgan fingerprint density at radius 3 is 2.00 bits per heavy atom. The van der Waals surface area contributed by atoms with Crippen LogP contribution in [0.3, 0.4) is 0 Å². The molecule has 2 fully saturated rings. The van der Waals surface area contributed by atoms with Crippen molar-refractivity contribution in [2.24, 2.45) is 0 Å². The van der Waals surface area contributed by atoms with E-state index in [-0.39, 0.29) is 38.4 Å². The number of nitrogens with one attached hydrogen (secondary N) is 1. The van der Waals surface area contributed by atoms with E-state index in [4.69, 9.17) is 4.74 Å². The van der Waals surface area contributed by atoms with E-state index in [0.29, 0.717) is 0 Å². The lowest BCUT2D eigenvalue weighted by molar-refractivity contribution is -0.134. The average Bonchev–Trinajstić information content (AvgIpc) is 2.26. The molecule has 2 aliphatic heterocycles. The second-order valence-electron chi connectivity index (χ2n) is 4.82. The van der Waals surface area contributed by atoms with Crippen molar-refractivity contribution >= 4 is 22.0 Å². The predicted octanol–water partition coefficient (Wildman–Crippen LogP) is -1.70. The van der Waals surface area contributed by atoms with E-state index in [2.05, 4.69) is 5.32 Å². The van der Waals surface area contributed by atoms with Crippen molar-refractivity contribution in [1.82, 2.24) is 13.9 Å². The molecule has 1 N–H and O–H groups in total. The molecule has 108 valence electrons. The largest absolute Gasteiger partial charge is 0.373 e. The maximum Gasteiger partial charge on any atom is 0.283 e. The number of hydrogen-bond donors (Lipinski definition) is 1. The molecule has 2 rings (SSSR count). The fourth-order valence-corrected chi connectivity index (χ4v) is 3.94. The van der Waals surface area contributed by atoms with E-state index < -0.39 is 22.0 Å². The van der Waals surface area contributed by atoms with Gasteiger partial charge in [-0.15, -0.1) is 0 Å². The smallest absolute Gasteiger partial charge is 0.283 e. The van der Waals surface area contributed by atoms with E-state index in [9.17, 15) is 18.0 Å². The molecular formula is C10H17N3O5S. The molecule has 0 saturated carbocycles. The van der Waals surface area contributed by atoms with Crippen molar-refractivity contribution < 1.29 is 22.7 Å². The Morgan fingerprint density at radius 2 is 1.53 bits per heavy atom. The Labute approximate surface area is 111 Å². The Balaban J connectivity index is 2.17. The number of hydrogen-bond acceptors (Lipinski definition) is 5. The van der Waals surface area contributed by atoms with Crippen LogP contribution in [0.25, 0.3) is 0 Å². The van der Waals surface area contributed by atoms with Gasteiger partial charge in [-0.05, 0) is 13.8 Å². The highest BCUT2D eigenvalue weighted by Gasteiger charge is 2.38. The molecule has 0 aromatic carbocycles. The van der Waals surface area contributed by atoms with Gasteiger partial charge in [-0.1, -0.05) is 0 Å². The summed E-state index contributed by atoms with van der Waals surface area (Å²) in [5, 5.41) is 2.07. The SMILES string of the molecule is CC1CN(S(=O)(=O)N2CC(=O)NC(=O)C2)CC(C)O1. The van der Waals surface area contributed by atoms with Crippen molar-refractivity contribution in [3.8, 4) is 0 Å². The zero-order valence-electron chi connectivity index (χ0n) is 10.8. The minimum atomic E-state index is -3.81. The van der Waals surface area contributed by atoms with Gasteiger partial charge < -0.3 is 4.74 Å². The van der Waals surface area contributed by atoms with Crippen LogP contribution in [-0.2, 0) is 24.5 Å². The van der Waals surface area contributed by atoms with Gasteiger partial charge in [0.05, 0.1) is 25.3 Å². The summed E-state index contributed by atoms with van der Waals surface area (Å²) in [5.41, 5.74) is 0. The molecule has 0 radical (unpaired) electrons. The van der Waals surface area contributed by atoms with Gasteiger partial charge in [0.2, 0.25) is 11.8 Å². The standard InChI is InChI=1S/C10H17N3O5S/c1-7-3-12(4-8(2)18-7)19(16,17)13-5-9(14)11-10(15)6-13/h7-8H,3-6H2,1-2H3,(H,11,14,15). The van der Waals surface area contributed by atoms with Crippen molar-refractivity contribution in [3.05, 3.63) is 0 Å². The highest BCUT2D eigenvalue weighted by atomic mass is 32.2. The molecule has 19 heavy (non-hydrogen) atoms. The van der Waals surface area contributed by atoms with Crippen LogP contribution < -0.4 is 5.32 Å². The monoisotopic (exact) mass is 291 g/mol. The third-order valence-corrected chi connectivity index (χ3v) is 4.82. The summed E-state index contributed by atoms with van der Waals surface area (Å²) in [6.07, 6.45) is -0.430. The van der Waals surface area contributed by atoms with Crippen molar-refractivity contribution in [2.75, 3.05) is 26.2 Å². The number of nitrogens with zero attached hydrogens (tertiary/aromatic N) is 2. The number of amides is 2. The Morgan fingerprint density at radius 1 is 1.05 bits per heavy atom. The first-order valence-corrected chi connectivity index (χ1v) is 7.42. The first-order chi connectivity index (χ1) is 8.79. The maximum absolute atomic E-state index is 12.4. The van der Waals surface area contributed by atoms with Crippen molar-refractivity contribution in [3.63, 3.8) is 0 Å². The summed E-state index contributed by atoms with van der Waals surface area (Å²) in [6.45, 7) is 3.36. The minimum absolute atomic E-state index is 0.215.